The highest BCUT2D eigenvalue weighted by Gasteiger charge is 2.25. The number of aromatic nitrogens is 1. The lowest BCUT2D eigenvalue weighted by Gasteiger charge is -2.37. The second-order valence-corrected chi connectivity index (χ2v) is 5.21. The Labute approximate surface area is 105 Å². The molecule has 96 valence electrons. The Hall–Kier alpha value is -0.930. The molecule has 2 N–H and O–H groups in total. The van der Waals surface area contributed by atoms with E-state index in [0.717, 1.165) is 25.2 Å². The molecule has 1 aromatic rings. The van der Waals surface area contributed by atoms with Crippen LogP contribution in [-0.2, 0) is 6.54 Å². The van der Waals surface area contributed by atoms with Crippen LogP contribution >= 0.6 is 0 Å². The van der Waals surface area contributed by atoms with Crippen LogP contribution in [-0.4, -0.2) is 28.5 Å². The molecule has 0 aromatic carbocycles. The topological polar surface area (TPSA) is 42.2 Å². The second-order valence-electron chi connectivity index (χ2n) is 5.21. The van der Waals surface area contributed by atoms with Crippen LogP contribution in [0.5, 0.6) is 0 Å². The largest absolute Gasteiger partial charge is 0.329 e. The molecular weight excluding hydrogens is 210 g/mol. The summed E-state index contributed by atoms with van der Waals surface area (Å²) < 4.78 is 0. The van der Waals surface area contributed by atoms with Gasteiger partial charge in [0.2, 0.25) is 0 Å². The normalized spacial score (nSPS) is 12.1. The van der Waals surface area contributed by atoms with E-state index >= 15 is 0 Å². The fourth-order valence-electron chi connectivity index (χ4n) is 1.86. The van der Waals surface area contributed by atoms with Crippen molar-refractivity contribution in [3.63, 3.8) is 0 Å². The molecule has 1 aromatic heterocycles. The minimum absolute atomic E-state index is 0.0277. The molecule has 0 spiro atoms. The minimum atomic E-state index is 0.0277. The Bertz CT molecular complexity index is 347. The number of nitrogens with two attached hydrogens (primary N) is 1. The van der Waals surface area contributed by atoms with Crippen LogP contribution in [0.1, 0.15) is 38.4 Å². The number of aryl methyl sites for hydroxylation is 1. The third-order valence-electron chi connectivity index (χ3n) is 3.31. The summed E-state index contributed by atoms with van der Waals surface area (Å²) in [7, 11) is 0. The first-order chi connectivity index (χ1) is 8.01. The van der Waals surface area contributed by atoms with Crippen molar-refractivity contribution in [2.75, 3.05) is 13.1 Å². The zero-order valence-electron chi connectivity index (χ0n) is 11.5. The molecule has 3 heteroatoms. The van der Waals surface area contributed by atoms with E-state index in [1.165, 1.54) is 5.56 Å². The summed E-state index contributed by atoms with van der Waals surface area (Å²) in [5.74, 6) is 0. The second kappa shape index (κ2) is 6.12. The Morgan fingerprint density at radius 1 is 1.41 bits per heavy atom. The smallest absolute Gasteiger partial charge is 0.0573 e. The lowest BCUT2D eigenvalue weighted by atomic mass is 10.0. The van der Waals surface area contributed by atoms with Gasteiger partial charge in [-0.15, -0.1) is 0 Å². The maximum absolute atomic E-state index is 5.87. The highest BCUT2D eigenvalue weighted by molar-refractivity contribution is 5.17. The van der Waals surface area contributed by atoms with Crippen LogP contribution in [0.2, 0.25) is 0 Å². The van der Waals surface area contributed by atoms with Crippen molar-refractivity contribution >= 4 is 0 Å². The Balaban J connectivity index is 2.84. The van der Waals surface area contributed by atoms with Crippen molar-refractivity contribution in [1.29, 1.82) is 0 Å². The first-order valence-corrected chi connectivity index (χ1v) is 6.37. The SMILES string of the molecule is CCCN(Cc1ncccc1C)C(C)(C)CN. The van der Waals surface area contributed by atoms with Crippen molar-refractivity contribution < 1.29 is 0 Å². The van der Waals surface area contributed by atoms with E-state index in [4.69, 9.17) is 5.73 Å². The summed E-state index contributed by atoms with van der Waals surface area (Å²) in [6.07, 6.45) is 3.00. The Morgan fingerprint density at radius 2 is 2.12 bits per heavy atom. The summed E-state index contributed by atoms with van der Waals surface area (Å²) in [5.41, 5.74) is 8.30. The molecule has 0 amide bonds. The van der Waals surface area contributed by atoms with Gasteiger partial charge >= 0.3 is 0 Å². The lowest BCUT2D eigenvalue weighted by Crippen LogP contribution is -2.49. The summed E-state index contributed by atoms with van der Waals surface area (Å²) in [6.45, 7) is 11.3. The van der Waals surface area contributed by atoms with Gasteiger partial charge in [0, 0.05) is 24.8 Å². The summed E-state index contributed by atoms with van der Waals surface area (Å²) in [6, 6.07) is 4.10. The summed E-state index contributed by atoms with van der Waals surface area (Å²) in [4.78, 5) is 6.88. The van der Waals surface area contributed by atoms with E-state index in [1.54, 1.807) is 0 Å². The molecule has 0 aliphatic carbocycles. The van der Waals surface area contributed by atoms with Gasteiger partial charge in [-0.25, -0.2) is 0 Å². The highest BCUT2D eigenvalue weighted by Crippen LogP contribution is 2.17. The van der Waals surface area contributed by atoms with Crippen LogP contribution < -0.4 is 5.73 Å². The number of hydrogen-bond donors (Lipinski definition) is 1. The molecule has 0 aliphatic heterocycles. The molecule has 17 heavy (non-hydrogen) atoms. The third kappa shape index (κ3) is 3.79. The summed E-state index contributed by atoms with van der Waals surface area (Å²) in [5, 5.41) is 0. The molecule has 0 bridgehead atoms. The van der Waals surface area contributed by atoms with Gasteiger partial charge in [0.1, 0.15) is 0 Å². The fraction of sp³-hybridized carbons (Fsp3) is 0.643. The standard InChI is InChI=1S/C14H25N3/c1-5-9-17(14(3,4)11-15)10-13-12(2)7-6-8-16-13/h6-8H,5,9-11,15H2,1-4H3. The molecule has 0 radical (unpaired) electrons. The van der Waals surface area contributed by atoms with Crippen LogP contribution in [0.15, 0.2) is 18.3 Å². The van der Waals surface area contributed by atoms with Crippen molar-refractivity contribution in [1.82, 2.24) is 9.88 Å². The van der Waals surface area contributed by atoms with Crippen LogP contribution in [0, 0.1) is 6.92 Å². The zero-order valence-corrected chi connectivity index (χ0v) is 11.5. The number of pyridine rings is 1. The monoisotopic (exact) mass is 235 g/mol. The van der Waals surface area contributed by atoms with Crippen LogP contribution in [0.3, 0.4) is 0 Å². The fourth-order valence-corrected chi connectivity index (χ4v) is 1.86. The van der Waals surface area contributed by atoms with E-state index in [9.17, 15) is 0 Å². The van der Waals surface area contributed by atoms with Gasteiger partial charge in [0.25, 0.3) is 0 Å². The molecule has 0 fully saturated rings. The van der Waals surface area contributed by atoms with Crippen LogP contribution in [0.25, 0.3) is 0 Å². The van der Waals surface area contributed by atoms with E-state index in [1.807, 2.05) is 12.3 Å². The third-order valence-corrected chi connectivity index (χ3v) is 3.31. The average molecular weight is 235 g/mol. The maximum atomic E-state index is 5.87. The van der Waals surface area contributed by atoms with E-state index in [0.29, 0.717) is 6.54 Å². The van der Waals surface area contributed by atoms with Gasteiger partial charge in [-0.05, 0) is 45.4 Å². The molecule has 0 atom stereocenters. The lowest BCUT2D eigenvalue weighted by molar-refractivity contribution is 0.116. The zero-order chi connectivity index (χ0) is 12.9. The average Bonchev–Trinajstić information content (AvgIpc) is 2.31. The predicted molar refractivity (Wildman–Crippen MR) is 72.8 cm³/mol. The molecular formula is C14H25N3. The molecule has 3 nitrogen and oxygen atoms in total. The van der Waals surface area contributed by atoms with Crippen LogP contribution in [0.4, 0.5) is 0 Å². The van der Waals surface area contributed by atoms with Crippen molar-refractivity contribution in [2.24, 2.45) is 5.73 Å². The predicted octanol–water partition coefficient (Wildman–Crippen LogP) is 2.34. The first-order valence-electron chi connectivity index (χ1n) is 6.37. The van der Waals surface area contributed by atoms with Gasteiger partial charge in [-0.2, -0.15) is 0 Å². The molecule has 1 heterocycles. The molecule has 0 aliphatic rings. The van der Waals surface area contributed by atoms with Crippen molar-refractivity contribution in [3.05, 3.63) is 29.6 Å². The number of hydrogen-bond acceptors (Lipinski definition) is 3. The number of rotatable bonds is 6. The number of nitrogens with zero attached hydrogens (tertiary/aromatic N) is 2. The van der Waals surface area contributed by atoms with Gasteiger partial charge in [0.15, 0.2) is 0 Å². The first kappa shape index (κ1) is 14.1. The van der Waals surface area contributed by atoms with Gasteiger partial charge in [0.05, 0.1) is 5.69 Å². The summed E-state index contributed by atoms with van der Waals surface area (Å²) >= 11 is 0. The quantitative estimate of drug-likeness (QED) is 0.823. The molecule has 0 saturated carbocycles. The van der Waals surface area contributed by atoms with E-state index in [-0.39, 0.29) is 5.54 Å². The molecule has 0 saturated heterocycles. The van der Waals surface area contributed by atoms with Gasteiger partial charge < -0.3 is 5.73 Å². The Kier molecular flexibility index (Phi) is 5.09. The minimum Gasteiger partial charge on any atom is -0.329 e. The van der Waals surface area contributed by atoms with Gasteiger partial charge in [-0.3, -0.25) is 9.88 Å². The molecule has 1 rings (SSSR count). The Morgan fingerprint density at radius 3 is 2.65 bits per heavy atom. The van der Waals surface area contributed by atoms with Gasteiger partial charge in [-0.1, -0.05) is 13.0 Å². The highest BCUT2D eigenvalue weighted by atomic mass is 15.2. The molecule has 0 unspecified atom stereocenters. The van der Waals surface area contributed by atoms with Crippen molar-refractivity contribution in [2.45, 2.75) is 46.2 Å². The van der Waals surface area contributed by atoms with E-state index in [2.05, 4.69) is 43.6 Å². The van der Waals surface area contributed by atoms with E-state index < -0.39 is 0 Å². The maximum Gasteiger partial charge on any atom is 0.0573 e. The van der Waals surface area contributed by atoms with Crippen molar-refractivity contribution in [3.8, 4) is 0 Å².